The molecule has 0 amide bonds. The second-order valence-corrected chi connectivity index (χ2v) is 4.23. The first kappa shape index (κ1) is 12.0. The van der Waals surface area contributed by atoms with Gasteiger partial charge in [0.25, 0.3) is 0 Å². The topological polar surface area (TPSA) is 35.8 Å². The first-order chi connectivity index (χ1) is 7.26. The van der Waals surface area contributed by atoms with Crippen LogP contribution in [0.5, 0.6) is 0 Å². The summed E-state index contributed by atoms with van der Waals surface area (Å²) in [4.78, 5) is 0.905. The van der Waals surface area contributed by atoms with E-state index in [1.807, 2.05) is 6.07 Å². The molecule has 0 saturated carbocycles. The van der Waals surface area contributed by atoms with Gasteiger partial charge in [0.2, 0.25) is 0 Å². The van der Waals surface area contributed by atoms with E-state index in [4.69, 9.17) is 5.26 Å². The lowest BCUT2D eigenvalue weighted by Gasteiger charge is -2.06. The number of nitrogens with one attached hydrogen (secondary N) is 1. The molecule has 1 aromatic rings. The van der Waals surface area contributed by atoms with E-state index in [2.05, 4.69) is 11.4 Å². The average molecular weight is 224 g/mol. The highest BCUT2D eigenvalue weighted by Gasteiger charge is 2.03. The van der Waals surface area contributed by atoms with Crippen LogP contribution >= 0.6 is 11.8 Å². The fourth-order valence-corrected chi connectivity index (χ4v) is 2.08. The Labute approximate surface area is 93.5 Å². The minimum atomic E-state index is -0.217. The largest absolute Gasteiger partial charge is 0.305 e. The van der Waals surface area contributed by atoms with Crippen molar-refractivity contribution in [1.82, 2.24) is 5.32 Å². The highest BCUT2D eigenvalue weighted by atomic mass is 32.2. The molecule has 0 heterocycles. The molecule has 0 saturated heterocycles. The average Bonchev–Trinajstić information content (AvgIpc) is 2.25. The number of nitrogens with zero attached hydrogens (tertiary/aromatic N) is 1. The molecule has 15 heavy (non-hydrogen) atoms. The highest BCUT2D eigenvalue weighted by molar-refractivity contribution is 7.99. The molecule has 1 aromatic carbocycles. The molecule has 0 bridgehead atoms. The molecular weight excluding hydrogens is 211 g/mol. The van der Waals surface area contributed by atoms with Gasteiger partial charge in [0.1, 0.15) is 5.82 Å². The maximum Gasteiger partial charge on any atom is 0.124 e. The van der Waals surface area contributed by atoms with Crippen molar-refractivity contribution in [2.45, 2.75) is 17.4 Å². The first-order valence-electron chi connectivity index (χ1n) is 4.71. The number of thioether (sulfide) groups is 1. The van der Waals surface area contributed by atoms with Crippen LogP contribution in [0.25, 0.3) is 0 Å². The van der Waals surface area contributed by atoms with Gasteiger partial charge in [-0.15, -0.1) is 11.8 Å². The molecule has 0 aliphatic heterocycles. The summed E-state index contributed by atoms with van der Waals surface area (Å²) in [5, 5.41) is 11.6. The molecule has 2 nitrogen and oxygen atoms in total. The summed E-state index contributed by atoms with van der Waals surface area (Å²) >= 11 is 1.56. The predicted octanol–water partition coefficient (Wildman–Crippen LogP) is 2.42. The summed E-state index contributed by atoms with van der Waals surface area (Å²) in [6, 6.07) is 8.52. The van der Waals surface area contributed by atoms with E-state index in [9.17, 15) is 4.39 Å². The quantitative estimate of drug-likeness (QED) is 0.780. The fraction of sp³-hybridized carbons (Fsp3) is 0.364. The van der Waals surface area contributed by atoms with E-state index in [1.165, 1.54) is 12.1 Å². The number of nitriles is 1. The van der Waals surface area contributed by atoms with Crippen LogP contribution in [-0.2, 0) is 0 Å². The van der Waals surface area contributed by atoms with E-state index in [0.29, 0.717) is 0 Å². The number of hydrogen-bond acceptors (Lipinski definition) is 3. The summed E-state index contributed by atoms with van der Waals surface area (Å²) in [6.45, 7) is 0. The Morgan fingerprint density at radius 2 is 2.40 bits per heavy atom. The molecule has 80 valence electrons. The molecule has 0 aliphatic rings. The smallest absolute Gasteiger partial charge is 0.124 e. The van der Waals surface area contributed by atoms with Crippen LogP contribution in [0, 0.1) is 17.1 Å². The molecule has 0 fully saturated rings. The molecule has 0 aromatic heterocycles. The number of hydrogen-bond donors (Lipinski definition) is 1. The number of halogens is 1. The number of rotatable bonds is 5. The van der Waals surface area contributed by atoms with Crippen molar-refractivity contribution in [3.63, 3.8) is 0 Å². The van der Waals surface area contributed by atoms with Crippen molar-refractivity contribution >= 4 is 11.8 Å². The van der Waals surface area contributed by atoms with Crippen LogP contribution in [0.1, 0.15) is 6.42 Å². The van der Waals surface area contributed by atoms with Gasteiger partial charge in [-0.1, -0.05) is 6.07 Å². The van der Waals surface area contributed by atoms with Crippen LogP contribution in [0.4, 0.5) is 4.39 Å². The number of benzene rings is 1. The normalized spacial score (nSPS) is 12.1. The van der Waals surface area contributed by atoms with Gasteiger partial charge >= 0.3 is 0 Å². The summed E-state index contributed by atoms with van der Waals surface area (Å²) in [7, 11) is 1.76. The van der Waals surface area contributed by atoms with Crippen molar-refractivity contribution in [3.8, 4) is 6.07 Å². The second-order valence-electron chi connectivity index (χ2n) is 3.06. The Bertz CT molecular complexity index is 349. The maximum atomic E-state index is 12.8. The molecule has 0 radical (unpaired) electrons. The van der Waals surface area contributed by atoms with Gasteiger partial charge in [0, 0.05) is 10.6 Å². The van der Waals surface area contributed by atoms with Gasteiger partial charge in [-0.2, -0.15) is 5.26 Å². The summed E-state index contributed by atoms with van der Waals surface area (Å²) in [5.74, 6) is 0.591. The monoisotopic (exact) mass is 224 g/mol. The van der Waals surface area contributed by atoms with E-state index in [1.54, 1.807) is 24.9 Å². The van der Waals surface area contributed by atoms with Crippen molar-refractivity contribution in [1.29, 1.82) is 5.26 Å². The molecular formula is C11H13FN2S. The Balaban J connectivity index is 2.35. The van der Waals surface area contributed by atoms with Gasteiger partial charge in [-0.05, 0) is 31.7 Å². The molecule has 0 aliphatic carbocycles. The SMILES string of the molecule is CNC(C#N)CCSc1cccc(F)c1. The van der Waals surface area contributed by atoms with Crippen molar-refractivity contribution in [2.75, 3.05) is 12.8 Å². The van der Waals surface area contributed by atoms with Crippen molar-refractivity contribution in [2.24, 2.45) is 0 Å². The predicted molar refractivity (Wildman–Crippen MR) is 60.2 cm³/mol. The van der Waals surface area contributed by atoms with Crippen LogP contribution in [0.15, 0.2) is 29.2 Å². The zero-order chi connectivity index (χ0) is 11.1. The third-order valence-electron chi connectivity index (χ3n) is 1.98. The maximum absolute atomic E-state index is 12.8. The Morgan fingerprint density at radius 3 is 3.00 bits per heavy atom. The molecule has 0 spiro atoms. The zero-order valence-electron chi connectivity index (χ0n) is 8.53. The van der Waals surface area contributed by atoms with E-state index >= 15 is 0 Å². The third kappa shape index (κ3) is 4.32. The third-order valence-corrected chi connectivity index (χ3v) is 3.00. The summed E-state index contributed by atoms with van der Waals surface area (Å²) in [5.41, 5.74) is 0. The zero-order valence-corrected chi connectivity index (χ0v) is 9.35. The standard InChI is InChI=1S/C11H13FN2S/c1-14-10(8-13)5-6-15-11-4-2-3-9(12)7-11/h2-4,7,10,14H,5-6H2,1H3. The highest BCUT2D eigenvalue weighted by Crippen LogP contribution is 2.19. The van der Waals surface area contributed by atoms with Crippen LogP contribution in [-0.4, -0.2) is 18.8 Å². The minimum absolute atomic E-state index is 0.119. The van der Waals surface area contributed by atoms with Gasteiger partial charge in [0.15, 0.2) is 0 Å². The molecule has 1 N–H and O–H groups in total. The molecule has 4 heteroatoms. The van der Waals surface area contributed by atoms with Gasteiger partial charge in [-0.3, -0.25) is 0 Å². The van der Waals surface area contributed by atoms with E-state index < -0.39 is 0 Å². The van der Waals surface area contributed by atoms with Crippen LogP contribution < -0.4 is 5.32 Å². The van der Waals surface area contributed by atoms with Crippen molar-refractivity contribution in [3.05, 3.63) is 30.1 Å². The second kappa shape index (κ2) is 6.44. The van der Waals surface area contributed by atoms with Crippen molar-refractivity contribution < 1.29 is 4.39 Å². The fourth-order valence-electron chi connectivity index (χ4n) is 1.12. The Hall–Kier alpha value is -1.05. The Morgan fingerprint density at radius 1 is 1.60 bits per heavy atom. The van der Waals surface area contributed by atoms with E-state index in [0.717, 1.165) is 17.1 Å². The minimum Gasteiger partial charge on any atom is -0.305 e. The van der Waals surface area contributed by atoms with Gasteiger partial charge < -0.3 is 5.32 Å². The lowest BCUT2D eigenvalue weighted by molar-refractivity contribution is 0.624. The Kier molecular flexibility index (Phi) is 5.16. The van der Waals surface area contributed by atoms with Crippen LogP contribution in [0.2, 0.25) is 0 Å². The van der Waals surface area contributed by atoms with Gasteiger partial charge in [0.05, 0.1) is 12.1 Å². The molecule has 1 rings (SSSR count). The van der Waals surface area contributed by atoms with Gasteiger partial charge in [-0.25, -0.2) is 4.39 Å². The molecule has 1 unspecified atom stereocenters. The molecule has 1 atom stereocenters. The van der Waals surface area contributed by atoms with Crippen LogP contribution in [0.3, 0.4) is 0 Å². The lowest BCUT2D eigenvalue weighted by atomic mass is 10.3. The van der Waals surface area contributed by atoms with E-state index in [-0.39, 0.29) is 11.9 Å². The summed E-state index contributed by atoms with van der Waals surface area (Å²) in [6.07, 6.45) is 0.758. The first-order valence-corrected chi connectivity index (χ1v) is 5.70. The summed E-state index contributed by atoms with van der Waals surface area (Å²) < 4.78 is 12.8. The lowest BCUT2D eigenvalue weighted by Crippen LogP contribution is -2.23.